The van der Waals surface area contributed by atoms with E-state index < -0.39 is 16.8 Å². The highest BCUT2D eigenvalue weighted by Crippen LogP contribution is 2.23. The summed E-state index contributed by atoms with van der Waals surface area (Å²) in [5.74, 6) is -1.07. The summed E-state index contributed by atoms with van der Waals surface area (Å²) in [5.41, 5.74) is 2.27. The van der Waals surface area contributed by atoms with Gasteiger partial charge in [0.15, 0.2) is 5.69 Å². The lowest BCUT2D eigenvalue weighted by Gasteiger charge is -2.07. The molecule has 0 fully saturated rings. The van der Waals surface area contributed by atoms with Crippen molar-refractivity contribution in [2.24, 2.45) is 7.05 Å². The average Bonchev–Trinajstić information content (AvgIpc) is 3.20. The Morgan fingerprint density at radius 3 is 2.43 bits per heavy atom. The molecular weight excluding hydrogens is 392 g/mol. The van der Waals surface area contributed by atoms with Crippen LogP contribution in [0.3, 0.4) is 0 Å². The van der Waals surface area contributed by atoms with Crippen molar-refractivity contribution < 1.29 is 19.2 Å². The lowest BCUT2D eigenvalue weighted by Crippen LogP contribution is -2.15. The molecule has 30 heavy (non-hydrogen) atoms. The van der Waals surface area contributed by atoms with Gasteiger partial charge in [-0.3, -0.25) is 24.3 Å². The number of hydrogen-bond donors (Lipinski definition) is 1. The van der Waals surface area contributed by atoms with E-state index in [1.165, 1.54) is 18.0 Å². The number of rotatable bonds is 6. The molecule has 0 unspecified atom stereocenters. The van der Waals surface area contributed by atoms with E-state index in [2.05, 4.69) is 20.3 Å². The minimum Gasteiger partial charge on any atom is -0.464 e. The number of amides is 1. The first kappa shape index (κ1) is 20.7. The minimum atomic E-state index is -0.653. The van der Waals surface area contributed by atoms with Crippen molar-refractivity contribution in [2.45, 2.75) is 20.4 Å². The predicted octanol–water partition coefficient (Wildman–Crippen LogP) is 2.23. The smallest absolute Gasteiger partial charge is 0.360 e. The molecule has 0 aliphatic carbocycles. The van der Waals surface area contributed by atoms with Gasteiger partial charge in [0.05, 0.1) is 24.3 Å². The largest absolute Gasteiger partial charge is 0.464 e. The summed E-state index contributed by atoms with van der Waals surface area (Å²) in [7, 11) is 2.86. The Labute approximate surface area is 171 Å². The summed E-state index contributed by atoms with van der Waals surface area (Å²) in [6.07, 6.45) is 1.51. The molecule has 2 aromatic heterocycles. The summed E-state index contributed by atoms with van der Waals surface area (Å²) in [6, 6.07) is 6.72. The van der Waals surface area contributed by atoms with Crippen LogP contribution in [0.4, 0.5) is 11.4 Å². The molecule has 1 amide bonds. The molecule has 0 atom stereocenters. The highest BCUT2D eigenvalue weighted by Gasteiger charge is 2.22. The summed E-state index contributed by atoms with van der Waals surface area (Å²) < 4.78 is 7.63. The molecule has 0 saturated carbocycles. The van der Waals surface area contributed by atoms with Gasteiger partial charge in [0.2, 0.25) is 0 Å². The summed E-state index contributed by atoms with van der Waals surface area (Å²) in [4.78, 5) is 35.0. The number of methoxy groups -OCH3 is 1. The van der Waals surface area contributed by atoms with E-state index >= 15 is 0 Å². The van der Waals surface area contributed by atoms with Gasteiger partial charge in [0, 0.05) is 18.8 Å². The quantitative estimate of drug-likeness (QED) is 0.373. The third kappa shape index (κ3) is 4.04. The second kappa shape index (κ2) is 8.15. The van der Waals surface area contributed by atoms with Gasteiger partial charge < -0.3 is 10.1 Å². The van der Waals surface area contributed by atoms with Crippen LogP contribution < -0.4 is 5.32 Å². The third-order valence-electron chi connectivity index (χ3n) is 4.53. The number of nitro groups is 1. The van der Waals surface area contributed by atoms with Crippen LogP contribution in [0.15, 0.2) is 30.5 Å². The maximum atomic E-state index is 12.5. The molecule has 3 rings (SSSR count). The Morgan fingerprint density at radius 2 is 1.87 bits per heavy atom. The van der Waals surface area contributed by atoms with Gasteiger partial charge in [-0.2, -0.15) is 10.2 Å². The highest BCUT2D eigenvalue weighted by atomic mass is 16.6. The van der Waals surface area contributed by atoms with Crippen molar-refractivity contribution in [2.75, 3.05) is 12.4 Å². The molecular formula is C19H20N6O5. The number of carbonyl (C=O) groups is 2. The molecule has 11 heteroatoms. The number of aromatic nitrogens is 4. The van der Waals surface area contributed by atoms with Crippen LogP contribution >= 0.6 is 0 Å². The number of benzene rings is 1. The van der Waals surface area contributed by atoms with Crippen LogP contribution in [-0.4, -0.2) is 43.5 Å². The average molecular weight is 412 g/mol. The number of carbonyl (C=O) groups excluding carboxylic acids is 2. The monoisotopic (exact) mass is 412 g/mol. The number of hydrogen-bond acceptors (Lipinski definition) is 7. The molecule has 3 aromatic rings. The van der Waals surface area contributed by atoms with Gasteiger partial charge in [0.25, 0.3) is 5.91 Å². The normalized spacial score (nSPS) is 10.7. The zero-order valence-electron chi connectivity index (χ0n) is 16.9. The zero-order chi connectivity index (χ0) is 22.0. The van der Waals surface area contributed by atoms with Gasteiger partial charge in [-0.15, -0.1) is 0 Å². The lowest BCUT2D eigenvalue weighted by molar-refractivity contribution is -0.386. The van der Waals surface area contributed by atoms with Crippen LogP contribution in [0, 0.1) is 24.0 Å². The molecule has 0 radical (unpaired) electrons. The van der Waals surface area contributed by atoms with Crippen molar-refractivity contribution >= 4 is 23.3 Å². The van der Waals surface area contributed by atoms with Crippen LogP contribution in [0.1, 0.15) is 37.8 Å². The molecule has 1 N–H and O–H groups in total. The number of ether oxygens (including phenoxy) is 1. The number of aryl methyl sites for hydroxylation is 2. The van der Waals surface area contributed by atoms with E-state index in [4.69, 9.17) is 0 Å². The standard InChI is InChI=1S/C19H20N6O5/c1-11-17(25(28)29)12(2)24(21-11)9-13-5-7-14(8-6-13)18(26)20-15-10-23(3)22-16(15)19(27)30-4/h5-8,10H,9H2,1-4H3,(H,20,26). The van der Waals surface area contributed by atoms with Gasteiger partial charge in [0.1, 0.15) is 11.4 Å². The first-order valence-electron chi connectivity index (χ1n) is 8.92. The molecule has 0 spiro atoms. The second-order valence-electron chi connectivity index (χ2n) is 6.64. The SMILES string of the molecule is COC(=O)c1nn(C)cc1NC(=O)c1ccc(Cn2nc(C)c([N+](=O)[O-])c2C)cc1. The molecule has 0 aliphatic heterocycles. The maximum absolute atomic E-state index is 12.5. The first-order valence-corrected chi connectivity index (χ1v) is 8.92. The molecule has 2 heterocycles. The van der Waals surface area contributed by atoms with E-state index in [1.807, 2.05) is 0 Å². The third-order valence-corrected chi connectivity index (χ3v) is 4.53. The van der Waals surface area contributed by atoms with Crippen molar-refractivity contribution in [3.05, 3.63) is 68.8 Å². The Bertz CT molecular complexity index is 1130. The summed E-state index contributed by atoms with van der Waals surface area (Å²) >= 11 is 0. The van der Waals surface area contributed by atoms with Crippen LogP contribution in [0.5, 0.6) is 0 Å². The van der Waals surface area contributed by atoms with Gasteiger partial charge in [-0.1, -0.05) is 12.1 Å². The zero-order valence-corrected chi connectivity index (χ0v) is 16.9. The number of nitrogens with zero attached hydrogens (tertiary/aromatic N) is 5. The molecule has 1 aromatic carbocycles. The van der Waals surface area contributed by atoms with E-state index in [0.717, 1.165) is 5.56 Å². The molecule has 156 valence electrons. The van der Waals surface area contributed by atoms with Crippen molar-refractivity contribution in [3.8, 4) is 0 Å². The Hall–Kier alpha value is -4.02. The van der Waals surface area contributed by atoms with Crippen LogP contribution in [0.2, 0.25) is 0 Å². The van der Waals surface area contributed by atoms with E-state index in [1.54, 1.807) is 49.8 Å². The molecule has 0 aliphatic rings. The Balaban J connectivity index is 1.75. The fourth-order valence-corrected chi connectivity index (χ4v) is 3.06. The minimum absolute atomic E-state index is 0.00359. The van der Waals surface area contributed by atoms with Gasteiger partial charge in [-0.05, 0) is 31.5 Å². The number of esters is 1. The van der Waals surface area contributed by atoms with Crippen molar-refractivity contribution in [1.82, 2.24) is 19.6 Å². The first-order chi connectivity index (χ1) is 14.2. The maximum Gasteiger partial charge on any atom is 0.360 e. The topological polar surface area (TPSA) is 134 Å². The Kier molecular flexibility index (Phi) is 5.63. The lowest BCUT2D eigenvalue weighted by atomic mass is 10.1. The molecule has 11 nitrogen and oxygen atoms in total. The van der Waals surface area contributed by atoms with Crippen molar-refractivity contribution in [3.63, 3.8) is 0 Å². The fraction of sp³-hybridized carbons (Fsp3) is 0.263. The van der Waals surface area contributed by atoms with Crippen molar-refractivity contribution in [1.29, 1.82) is 0 Å². The van der Waals surface area contributed by atoms with Gasteiger partial charge >= 0.3 is 11.7 Å². The number of nitrogens with one attached hydrogen (secondary N) is 1. The van der Waals surface area contributed by atoms with Crippen LogP contribution in [-0.2, 0) is 18.3 Å². The molecule has 0 bridgehead atoms. The van der Waals surface area contributed by atoms with E-state index in [9.17, 15) is 19.7 Å². The fourth-order valence-electron chi connectivity index (χ4n) is 3.06. The Morgan fingerprint density at radius 1 is 1.20 bits per heavy atom. The number of anilines is 1. The highest BCUT2D eigenvalue weighted by molar-refractivity contribution is 6.07. The van der Waals surface area contributed by atoms with E-state index in [-0.39, 0.29) is 17.1 Å². The van der Waals surface area contributed by atoms with Crippen LogP contribution in [0.25, 0.3) is 0 Å². The summed E-state index contributed by atoms with van der Waals surface area (Å²) in [6.45, 7) is 3.57. The van der Waals surface area contributed by atoms with E-state index in [0.29, 0.717) is 23.5 Å². The molecule has 0 saturated heterocycles. The summed E-state index contributed by atoms with van der Waals surface area (Å²) in [5, 5.41) is 22.0. The van der Waals surface area contributed by atoms with Gasteiger partial charge in [-0.25, -0.2) is 4.79 Å². The predicted molar refractivity (Wildman–Crippen MR) is 106 cm³/mol. The second-order valence-corrected chi connectivity index (χ2v) is 6.64.